The van der Waals surface area contributed by atoms with Gasteiger partial charge in [0.25, 0.3) is 0 Å². The minimum Gasteiger partial charge on any atom is -0.394 e. The summed E-state index contributed by atoms with van der Waals surface area (Å²) in [5, 5.41) is 63.5. The van der Waals surface area contributed by atoms with Crippen molar-refractivity contribution in [3.8, 4) is 0 Å². The summed E-state index contributed by atoms with van der Waals surface area (Å²) in [6.45, 7) is -0.749. The van der Waals surface area contributed by atoms with E-state index < -0.39 is 48.6 Å². The van der Waals surface area contributed by atoms with Crippen LogP contribution in [0.3, 0.4) is 0 Å². The number of nitrogens with zero attached hydrogens (tertiary/aromatic N) is 8. The Balaban J connectivity index is 0.000000152. The van der Waals surface area contributed by atoms with E-state index in [2.05, 4.69) is 35.2 Å². The van der Waals surface area contributed by atoms with E-state index in [9.17, 15) is 30.6 Å². The lowest BCUT2D eigenvalue weighted by Gasteiger charge is -2.39. The van der Waals surface area contributed by atoms with Crippen molar-refractivity contribution in [2.45, 2.75) is 106 Å². The Bertz CT molecular complexity index is 1710. The molecule has 0 bridgehead atoms. The number of aromatic nitrogens is 8. The molecular formula is C30H42N10O8. The summed E-state index contributed by atoms with van der Waals surface area (Å²) >= 11 is 0. The zero-order valence-electron chi connectivity index (χ0n) is 26.2. The Hall–Kier alpha value is -3.62. The van der Waals surface area contributed by atoms with E-state index in [0.29, 0.717) is 34.2 Å². The molecule has 2 aliphatic heterocycles. The number of ether oxygens (including phenoxy) is 2. The van der Waals surface area contributed by atoms with Crippen LogP contribution in [-0.2, 0) is 15.2 Å². The van der Waals surface area contributed by atoms with Gasteiger partial charge < -0.3 is 51.2 Å². The van der Waals surface area contributed by atoms with Crippen molar-refractivity contribution in [2.24, 2.45) is 5.92 Å². The van der Waals surface area contributed by atoms with E-state index >= 15 is 0 Å². The average Bonchev–Trinajstić information content (AvgIpc) is 3.95. The molecule has 18 heteroatoms. The average molecular weight is 671 g/mol. The molecule has 2 saturated carbocycles. The number of aliphatic hydroxyl groups is 6. The fourth-order valence-electron chi connectivity index (χ4n) is 7.67. The monoisotopic (exact) mass is 670 g/mol. The molecule has 0 spiro atoms. The van der Waals surface area contributed by atoms with E-state index in [-0.39, 0.29) is 24.9 Å². The summed E-state index contributed by atoms with van der Waals surface area (Å²) in [4.78, 5) is 25.3. The van der Waals surface area contributed by atoms with Crippen LogP contribution >= 0.6 is 0 Å². The Kier molecular flexibility index (Phi) is 9.16. The van der Waals surface area contributed by atoms with E-state index in [0.717, 1.165) is 38.5 Å². The molecule has 0 unspecified atom stereocenters. The summed E-state index contributed by atoms with van der Waals surface area (Å²) in [5.74, 6) is 0.886. The number of anilines is 2. The second-order valence-electron chi connectivity index (χ2n) is 13.0. The number of rotatable bonds is 7. The predicted octanol–water partition coefficient (Wildman–Crippen LogP) is -0.843. The molecule has 260 valence electrons. The molecule has 8 rings (SSSR count). The first-order chi connectivity index (χ1) is 23.3. The topological polar surface area (TPSA) is 265 Å². The standard InChI is InChI=1S/2C15H21N5O4/c21-5-9-11(22)12(23)15(24-9)20-7-18-10-13(16-6-17-14(10)20)19-8-3-1-2-4-8;16-13-10-14(18-6-17-13)20(7-19-10)15(8-3-1-2-4-8)12(23)11(22)9(5-21)24-15/h6-9,11-12,15,21-23H,1-5H2,(H,16,17,19);6-9,11-12,21-23H,1-5H2,(H2,16,17,18)/t2*9-,11-,12-,15-/m11/s1. The second-order valence-corrected chi connectivity index (χ2v) is 13.0. The van der Waals surface area contributed by atoms with Gasteiger partial charge in [-0.15, -0.1) is 0 Å². The van der Waals surface area contributed by atoms with Crippen molar-refractivity contribution in [1.82, 2.24) is 39.0 Å². The van der Waals surface area contributed by atoms with Gasteiger partial charge >= 0.3 is 0 Å². The van der Waals surface area contributed by atoms with Gasteiger partial charge in [-0.05, 0) is 25.7 Å². The van der Waals surface area contributed by atoms with E-state index in [1.165, 1.54) is 38.2 Å². The Morgan fingerprint density at radius 1 is 0.771 bits per heavy atom. The highest BCUT2D eigenvalue weighted by Gasteiger charge is 2.60. The maximum Gasteiger partial charge on any atom is 0.179 e. The SMILES string of the molecule is Nc1ncnc2c1ncn2[C@]1(C2CCCC2)O[C@H](CO)[C@@H](O)[C@H]1O.OC[C@H]1O[C@@H](n2cnc3c(NC4CCCC4)ncnc32)[C@H](O)[C@@H]1O. The van der Waals surface area contributed by atoms with Gasteiger partial charge in [0, 0.05) is 12.0 Å². The zero-order valence-corrected chi connectivity index (χ0v) is 26.2. The fraction of sp³-hybridized carbons (Fsp3) is 0.667. The second kappa shape index (κ2) is 13.4. The lowest BCUT2D eigenvalue weighted by atomic mass is 9.87. The predicted molar refractivity (Wildman–Crippen MR) is 168 cm³/mol. The molecular weight excluding hydrogens is 628 g/mol. The highest BCUT2D eigenvalue weighted by atomic mass is 16.6. The molecule has 4 aromatic rings. The Morgan fingerprint density at radius 3 is 2.12 bits per heavy atom. The maximum atomic E-state index is 10.9. The summed E-state index contributed by atoms with van der Waals surface area (Å²) in [6, 6.07) is 0.391. The third kappa shape index (κ3) is 5.45. The van der Waals surface area contributed by atoms with Gasteiger partial charge in [0.05, 0.1) is 25.9 Å². The summed E-state index contributed by atoms with van der Waals surface area (Å²) < 4.78 is 14.8. The molecule has 9 N–H and O–H groups in total. The van der Waals surface area contributed by atoms with Crippen molar-refractivity contribution in [3.63, 3.8) is 0 Å². The van der Waals surface area contributed by atoms with E-state index in [4.69, 9.17) is 15.2 Å². The number of hydrogen-bond acceptors (Lipinski definition) is 16. The smallest absolute Gasteiger partial charge is 0.179 e. The molecule has 2 saturated heterocycles. The van der Waals surface area contributed by atoms with Crippen LogP contribution in [-0.4, -0.2) is 126 Å². The number of imidazole rings is 2. The summed E-state index contributed by atoms with van der Waals surface area (Å²) in [7, 11) is 0. The quantitative estimate of drug-likeness (QED) is 0.119. The van der Waals surface area contributed by atoms with Crippen LogP contribution < -0.4 is 11.1 Å². The van der Waals surface area contributed by atoms with Crippen molar-refractivity contribution in [3.05, 3.63) is 25.3 Å². The van der Waals surface area contributed by atoms with Crippen LogP contribution in [0.25, 0.3) is 22.3 Å². The summed E-state index contributed by atoms with van der Waals surface area (Å²) in [6.07, 6.45) is 6.93. The molecule has 4 aromatic heterocycles. The summed E-state index contributed by atoms with van der Waals surface area (Å²) in [5.41, 5.74) is 6.62. The van der Waals surface area contributed by atoms with Gasteiger partial charge in [-0.1, -0.05) is 25.7 Å². The van der Waals surface area contributed by atoms with Crippen LogP contribution in [0.5, 0.6) is 0 Å². The maximum absolute atomic E-state index is 10.9. The first-order valence-corrected chi connectivity index (χ1v) is 16.4. The molecule has 6 heterocycles. The number of nitrogens with one attached hydrogen (secondary N) is 1. The Morgan fingerprint density at radius 2 is 1.44 bits per heavy atom. The first kappa shape index (κ1) is 32.9. The van der Waals surface area contributed by atoms with Crippen LogP contribution in [0.1, 0.15) is 57.6 Å². The van der Waals surface area contributed by atoms with Crippen molar-refractivity contribution in [2.75, 3.05) is 24.3 Å². The minimum atomic E-state index is -1.22. The number of nitrogens with two attached hydrogens (primary N) is 1. The van der Waals surface area contributed by atoms with E-state index in [1.54, 1.807) is 9.13 Å². The molecule has 4 aliphatic rings. The molecule has 8 atom stereocenters. The van der Waals surface area contributed by atoms with E-state index in [1.807, 2.05) is 0 Å². The minimum absolute atomic E-state index is 0.0210. The first-order valence-electron chi connectivity index (χ1n) is 16.4. The van der Waals surface area contributed by atoms with Crippen LogP contribution in [0, 0.1) is 5.92 Å². The molecule has 18 nitrogen and oxygen atoms in total. The third-order valence-corrected chi connectivity index (χ3v) is 10.2. The van der Waals surface area contributed by atoms with Crippen LogP contribution in [0.4, 0.5) is 11.6 Å². The lowest BCUT2D eigenvalue weighted by molar-refractivity contribution is -0.180. The molecule has 48 heavy (non-hydrogen) atoms. The highest BCUT2D eigenvalue weighted by Crippen LogP contribution is 2.49. The normalized spacial score (nSPS) is 32.8. The molecule has 2 aliphatic carbocycles. The van der Waals surface area contributed by atoms with Crippen LogP contribution in [0.15, 0.2) is 25.3 Å². The Labute approximate surface area is 274 Å². The third-order valence-electron chi connectivity index (χ3n) is 10.2. The molecule has 0 aromatic carbocycles. The van der Waals surface area contributed by atoms with Gasteiger partial charge in [0.2, 0.25) is 0 Å². The van der Waals surface area contributed by atoms with Gasteiger partial charge in [-0.3, -0.25) is 9.13 Å². The highest BCUT2D eigenvalue weighted by molar-refractivity contribution is 5.83. The number of nitrogen functional groups attached to an aromatic ring is 1. The number of hydrogen-bond donors (Lipinski definition) is 8. The molecule has 0 radical (unpaired) electrons. The zero-order chi connectivity index (χ0) is 33.6. The lowest BCUT2D eigenvalue weighted by Crippen LogP contribution is -2.50. The number of fused-ring (bicyclic) bond motifs is 2. The fourth-order valence-corrected chi connectivity index (χ4v) is 7.67. The van der Waals surface area contributed by atoms with Gasteiger partial charge in [-0.2, -0.15) is 0 Å². The van der Waals surface area contributed by atoms with Gasteiger partial charge in [-0.25, -0.2) is 29.9 Å². The largest absolute Gasteiger partial charge is 0.394 e. The van der Waals surface area contributed by atoms with Crippen molar-refractivity contribution >= 4 is 34.0 Å². The number of aliphatic hydroxyl groups excluding tert-OH is 6. The molecule has 4 fully saturated rings. The van der Waals surface area contributed by atoms with Gasteiger partial charge in [0.15, 0.2) is 40.4 Å². The van der Waals surface area contributed by atoms with Gasteiger partial charge in [0.1, 0.15) is 54.8 Å². The molecule has 0 amide bonds. The van der Waals surface area contributed by atoms with Crippen molar-refractivity contribution < 1.29 is 40.1 Å². The van der Waals surface area contributed by atoms with Crippen molar-refractivity contribution in [1.29, 1.82) is 0 Å². The van der Waals surface area contributed by atoms with Crippen LogP contribution in [0.2, 0.25) is 0 Å².